The van der Waals surface area contributed by atoms with Gasteiger partial charge in [0.15, 0.2) is 0 Å². The molecule has 29 heavy (non-hydrogen) atoms. The smallest absolute Gasteiger partial charge is 0.325 e. The van der Waals surface area contributed by atoms with Gasteiger partial charge >= 0.3 is 5.69 Å². The number of unbranched alkanes of at least 4 members (excludes halogenated alkanes) is 5. The van der Waals surface area contributed by atoms with Crippen LogP contribution in [0.5, 0.6) is 0 Å². The Balaban J connectivity index is 2.29. The van der Waals surface area contributed by atoms with Crippen molar-refractivity contribution in [3.8, 4) is 0 Å². The molecular weight excluding hydrogens is 410 g/mol. The number of rotatable bonds is 14. The molecule has 0 spiro atoms. The van der Waals surface area contributed by atoms with Crippen LogP contribution in [0, 0.1) is 6.92 Å². The third kappa shape index (κ3) is 11.2. The Morgan fingerprint density at radius 3 is 2.55 bits per heavy atom. The molecule has 2 atom stereocenters. The first kappa shape index (κ1) is 25.4. The number of hydrogen-bond donors (Lipinski definition) is 3. The number of thioether (sulfide) groups is 1. The summed E-state index contributed by atoms with van der Waals surface area (Å²) < 4.78 is 12.2. The number of hydrogen-bond acceptors (Lipinski definition) is 5. The lowest BCUT2D eigenvalue weighted by atomic mass is 10.1. The number of carbonyl (C=O) groups is 1. The second kappa shape index (κ2) is 14.4. The normalized spacial score (nSPS) is 13.5. The molecule has 0 saturated carbocycles. The molecule has 1 aromatic heterocycles. The molecule has 1 heterocycles. The molecule has 0 radical (unpaired) electrons. The number of aromatic amines is 2. The van der Waals surface area contributed by atoms with Gasteiger partial charge < -0.3 is 10.3 Å². The van der Waals surface area contributed by atoms with Crippen molar-refractivity contribution in [2.45, 2.75) is 65.3 Å². The molecule has 0 aliphatic rings. The fourth-order valence-electron chi connectivity index (χ4n) is 2.77. The van der Waals surface area contributed by atoms with E-state index >= 15 is 0 Å². The van der Waals surface area contributed by atoms with Crippen LogP contribution in [0.25, 0.3) is 6.08 Å². The summed E-state index contributed by atoms with van der Waals surface area (Å²) in [4.78, 5) is 39.5. The largest absolute Gasteiger partial charge is 0.349 e. The van der Waals surface area contributed by atoms with Gasteiger partial charge in [0.05, 0.1) is 10.6 Å². The van der Waals surface area contributed by atoms with Crippen LogP contribution < -0.4 is 16.6 Å². The number of aromatic nitrogens is 2. The lowest BCUT2D eigenvalue weighted by Gasteiger charge is -2.12. The van der Waals surface area contributed by atoms with Crippen LogP contribution in [0.4, 0.5) is 0 Å². The van der Waals surface area contributed by atoms with Crippen LogP contribution in [-0.2, 0) is 15.6 Å². The van der Waals surface area contributed by atoms with E-state index in [9.17, 15) is 18.6 Å². The molecule has 0 fully saturated rings. The van der Waals surface area contributed by atoms with Gasteiger partial charge in [-0.05, 0) is 32.1 Å². The zero-order chi connectivity index (χ0) is 21.6. The number of amides is 1. The monoisotopic (exact) mass is 443 g/mol. The molecule has 7 nitrogen and oxygen atoms in total. The fraction of sp³-hybridized carbons (Fsp3) is 0.650. The van der Waals surface area contributed by atoms with Gasteiger partial charge in [-0.2, -0.15) is 0 Å². The molecule has 1 unspecified atom stereocenters. The van der Waals surface area contributed by atoms with Crippen molar-refractivity contribution in [3.63, 3.8) is 0 Å². The Hall–Kier alpha value is -1.61. The Kier molecular flexibility index (Phi) is 12.6. The number of nitrogens with one attached hydrogen (secondary N) is 3. The van der Waals surface area contributed by atoms with Crippen molar-refractivity contribution in [2.75, 3.05) is 16.6 Å². The maximum Gasteiger partial charge on any atom is 0.325 e. The summed E-state index contributed by atoms with van der Waals surface area (Å²) >= 11 is 1.70. The van der Waals surface area contributed by atoms with Crippen molar-refractivity contribution < 1.29 is 9.00 Å². The first-order valence-corrected chi connectivity index (χ1v) is 12.7. The minimum absolute atomic E-state index is 0.224. The molecule has 0 bridgehead atoms. The maximum atomic E-state index is 12.2. The van der Waals surface area contributed by atoms with E-state index in [1.165, 1.54) is 44.3 Å². The van der Waals surface area contributed by atoms with Crippen LogP contribution in [0.2, 0.25) is 0 Å². The first-order chi connectivity index (χ1) is 13.8. The van der Waals surface area contributed by atoms with Gasteiger partial charge in [-0.3, -0.25) is 18.8 Å². The van der Waals surface area contributed by atoms with Crippen molar-refractivity contribution in [1.82, 2.24) is 15.3 Å². The summed E-state index contributed by atoms with van der Waals surface area (Å²) in [5.41, 5.74) is -0.521. The Morgan fingerprint density at radius 2 is 1.86 bits per heavy atom. The minimum atomic E-state index is -0.997. The van der Waals surface area contributed by atoms with E-state index in [1.54, 1.807) is 25.6 Å². The molecule has 0 aliphatic heterocycles. The van der Waals surface area contributed by atoms with Gasteiger partial charge in [-0.25, -0.2) is 4.79 Å². The van der Waals surface area contributed by atoms with Gasteiger partial charge in [-0.1, -0.05) is 39.0 Å². The minimum Gasteiger partial charge on any atom is -0.349 e. The summed E-state index contributed by atoms with van der Waals surface area (Å²) in [7, 11) is -0.997. The second-order valence-electron chi connectivity index (χ2n) is 7.09. The van der Waals surface area contributed by atoms with Crippen LogP contribution >= 0.6 is 11.8 Å². The topological polar surface area (TPSA) is 112 Å². The SMILES string of the molecule is CCCCCCCCSCS(=O)C[C@H](C)NC(=O)/C=C/c1c(C)[nH]c(=O)[nH]c1=O. The molecule has 1 amide bonds. The molecule has 3 N–H and O–H groups in total. The Bertz CT molecular complexity index is 802. The summed E-state index contributed by atoms with van der Waals surface area (Å²) in [6.45, 7) is 5.60. The highest BCUT2D eigenvalue weighted by molar-refractivity contribution is 8.10. The summed E-state index contributed by atoms with van der Waals surface area (Å²) in [6.07, 6.45) is 10.1. The first-order valence-electron chi connectivity index (χ1n) is 10.1. The van der Waals surface area contributed by atoms with Crippen molar-refractivity contribution in [1.29, 1.82) is 0 Å². The van der Waals surface area contributed by atoms with Gasteiger partial charge in [0.25, 0.3) is 5.56 Å². The predicted octanol–water partition coefficient (Wildman–Crippen LogP) is 2.69. The van der Waals surface area contributed by atoms with E-state index in [0.717, 1.165) is 12.2 Å². The average molecular weight is 444 g/mol. The molecular formula is C20H33N3O4S2. The lowest BCUT2D eigenvalue weighted by Crippen LogP contribution is -2.35. The highest BCUT2D eigenvalue weighted by Gasteiger charge is 2.10. The standard InChI is InChI=1S/C20H33N3O4S2/c1-4-5-6-7-8-9-12-28-14-29(27)13-15(2)21-18(24)11-10-17-16(3)22-20(26)23-19(17)25/h10-11,15H,4-9,12-14H2,1-3H3,(H,21,24)(H2,22,23,25,26)/b11-10+/t15-,29?/m0/s1. The molecule has 0 aliphatic carbocycles. The zero-order valence-electron chi connectivity index (χ0n) is 17.5. The van der Waals surface area contributed by atoms with Crippen LogP contribution in [0.1, 0.15) is 63.6 Å². The quantitative estimate of drug-likeness (QED) is 0.302. The fourth-order valence-corrected chi connectivity index (χ4v) is 5.41. The third-order valence-electron chi connectivity index (χ3n) is 4.26. The Morgan fingerprint density at radius 1 is 1.17 bits per heavy atom. The molecule has 1 rings (SSSR count). The Labute approximate surface area is 179 Å². The van der Waals surface area contributed by atoms with Crippen molar-refractivity contribution in [2.24, 2.45) is 0 Å². The predicted molar refractivity (Wildman–Crippen MR) is 123 cm³/mol. The average Bonchev–Trinajstić information content (AvgIpc) is 2.62. The highest BCUT2D eigenvalue weighted by atomic mass is 32.2. The van der Waals surface area contributed by atoms with Gasteiger partial charge in [0.1, 0.15) is 0 Å². The van der Waals surface area contributed by atoms with E-state index in [0.29, 0.717) is 16.5 Å². The molecule has 164 valence electrons. The summed E-state index contributed by atoms with van der Waals surface area (Å²) in [5.74, 6) is 1.04. The molecule has 9 heteroatoms. The van der Waals surface area contributed by atoms with E-state index in [2.05, 4.69) is 22.2 Å². The van der Waals surface area contributed by atoms with Crippen LogP contribution in [-0.4, -0.2) is 42.7 Å². The summed E-state index contributed by atoms with van der Waals surface area (Å²) in [5, 5.41) is 3.33. The second-order valence-corrected chi connectivity index (χ2v) is 10.1. The van der Waals surface area contributed by atoms with Gasteiger partial charge in [0.2, 0.25) is 5.91 Å². The van der Waals surface area contributed by atoms with E-state index in [4.69, 9.17) is 0 Å². The van der Waals surface area contributed by atoms with Crippen molar-refractivity contribution in [3.05, 3.63) is 38.2 Å². The molecule has 1 aromatic rings. The van der Waals surface area contributed by atoms with Gasteiger partial charge in [0, 0.05) is 34.4 Å². The van der Waals surface area contributed by atoms with Gasteiger partial charge in [-0.15, -0.1) is 11.8 Å². The maximum absolute atomic E-state index is 12.2. The van der Waals surface area contributed by atoms with Crippen molar-refractivity contribution >= 4 is 34.5 Å². The number of carbonyl (C=O) groups excluding carboxylic acids is 1. The molecule has 0 saturated heterocycles. The van der Waals surface area contributed by atoms with E-state index in [1.807, 2.05) is 0 Å². The van der Waals surface area contributed by atoms with E-state index < -0.39 is 22.0 Å². The van der Waals surface area contributed by atoms with E-state index in [-0.39, 0.29) is 17.5 Å². The van der Waals surface area contributed by atoms with Crippen LogP contribution in [0.3, 0.4) is 0 Å². The van der Waals surface area contributed by atoms with Crippen LogP contribution in [0.15, 0.2) is 15.7 Å². The number of H-pyrrole nitrogens is 2. The summed E-state index contributed by atoms with van der Waals surface area (Å²) in [6, 6.07) is -0.238. The highest BCUT2D eigenvalue weighted by Crippen LogP contribution is 2.11. The molecule has 0 aromatic carbocycles. The lowest BCUT2D eigenvalue weighted by molar-refractivity contribution is -0.116. The zero-order valence-corrected chi connectivity index (χ0v) is 19.2. The third-order valence-corrected chi connectivity index (χ3v) is 7.43. The number of aryl methyl sites for hydroxylation is 1.